The number of allylic oxidation sites excluding steroid dienone is 2. The number of amides is 1. The van der Waals surface area contributed by atoms with Gasteiger partial charge in [0.2, 0.25) is 5.91 Å². The summed E-state index contributed by atoms with van der Waals surface area (Å²) in [6.07, 6.45) is 8.74. The average Bonchev–Trinajstić information content (AvgIpc) is 3.28. The van der Waals surface area contributed by atoms with Crippen molar-refractivity contribution in [3.8, 4) is 0 Å². The first-order chi connectivity index (χ1) is 11.6. The standard InChI is InChI=1S/C17H19N5O2/c1-17-8-21(6-13(17)10-2-3-11(17)4-10)14(23)7-22-15-12(5-20-22)16(24)19-9-18-15/h2-3,5,9-11,13H,4,6-8H2,1H3,(H,18,19,24)/t10-,11+,13-,17+/m0/s1. The van der Waals surface area contributed by atoms with E-state index >= 15 is 0 Å². The molecule has 0 radical (unpaired) electrons. The Balaban J connectivity index is 1.38. The number of carbonyl (C=O) groups is 1. The zero-order chi connectivity index (χ0) is 16.5. The van der Waals surface area contributed by atoms with Gasteiger partial charge in [-0.3, -0.25) is 9.59 Å². The van der Waals surface area contributed by atoms with Crippen molar-refractivity contribution >= 4 is 16.9 Å². The van der Waals surface area contributed by atoms with Crippen molar-refractivity contribution in [1.29, 1.82) is 0 Å². The summed E-state index contributed by atoms with van der Waals surface area (Å²) in [7, 11) is 0. The Labute approximate surface area is 138 Å². The summed E-state index contributed by atoms with van der Waals surface area (Å²) in [5.74, 6) is 1.86. The smallest absolute Gasteiger partial charge is 0.261 e. The molecule has 124 valence electrons. The second-order valence-electron chi connectivity index (χ2n) is 7.55. The predicted octanol–water partition coefficient (Wildman–Crippen LogP) is 0.790. The summed E-state index contributed by atoms with van der Waals surface area (Å²) in [5, 5.41) is 4.59. The number of likely N-dealkylation sites (tertiary alicyclic amines) is 1. The lowest BCUT2D eigenvalue weighted by Gasteiger charge is -2.31. The van der Waals surface area contributed by atoms with Crippen LogP contribution in [0.2, 0.25) is 0 Å². The van der Waals surface area contributed by atoms with E-state index in [9.17, 15) is 9.59 Å². The Morgan fingerprint density at radius 3 is 3.17 bits per heavy atom. The van der Waals surface area contributed by atoms with Crippen molar-refractivity contribution < 1.29 is 4.79 Å². The highest BCUT2D eigenvalue weighted by atomic mass is 16.2. The average molecular weight is 325 g/mol. The lowest BCUT2D eigenvalue weighted by molar-refractivity contribution is -0.131. The Hall–Kier alpha value is -2.44. The second kappa shape index (κ2) is 4.55. The van der Waals surface area contributed by atoms with Gasteiger partial charge in [-0.1, -0.05) is 19.1 Å². The number of aromatic nitrogens is 4. The molecule has 2 aromatic heterocycles. The number of fused-ring (bicyclic) bond motifs is 6. The van der Waals surface area contributed by atoms with E-state index in [0.29, 0.717) is 28.8 Å². The summed E-state index contributed by atoms with van der Waals surface area (Å²) >= 11 is 0. The van der Waals surface area contributed by atoms with Gasteiger partial charge in [-0.25, -0.2) is 9.67 Å². The van der Waals surface area contributed by atoms with Gasteiger partial charge in [0.05, 0.1) is 12.5 Å². The monoisotopic (exact) mass is 325 g/mol. The molecule has 1 amide bonds. The Morgan fingerprint density at radius 2 is 2.33 bits per heavy atom. The van der Waals surface area contributed by atoms with Crippen LogP contribution in [0, 0.1) is 23.2 Å². The van der Waals surface area contributed by atoms with Crippen LogP contribution in [0.1, 0.15) is 13.3 Å². The third-order valence-corrected chi connectivity index (χ3v) is 6.35. The minimum Gasteiger partial charge on any atom is -0.340 e. The number of nitrogens with one attached hydrogen (secondary N) is 1. The van der Waals surface area contributed by atoms with E-state index in [1.165, 1.54) is 23.6 Å². The number of aromatic amines is 1. The van der Waals surface area contributed by atoms with Crippen molar-refractivity contribution in [3.05, 3.63) is 35.0 Å². The normalized spacial score (nSPS) is 33.5. The summed E-state index contributed by atoms with van der Waals surface area (Å²) in [6.45, 7) is 4.10. The molecule has 3 aliphatic rings. The molecular weight excluding hydrogens is 306 g/mol. The second-order valence-corrected chi connectivity index (χ2v) is 7.55. The molecule has 1 aliphatic heterocycles. The van der Waals surface area contributed by atoms with Crippen LogP contribution in [0.4, 0.5) is 0 Å². The van der Waals surface area contributed by atoms with Gasteiger partial charge in [0.25, 0.3) is 5.56 Å². The van der Waals surface area contributed by atoms with Crippen LogP contribution in [0.5, 0.6) is 0 Å². The maximum atomic E-state index is 12.8. The Kier molecular flexibility index (Phi) is 2.65. The van der Waals surface area contributed by atoms with Crippen molar-refractivity contribution in [2.24, 2.45) is 23.2 Å². The molecule has 24 heavy (non-hydrogen) atoms. The summed E-state index contributed by atoms with van der Waals surface area (Å²) < 4.78 is 1.52. The molecule has 1 saturated carbocycles. The minimum atomic E-state index is -0.232. The molecule has 0 aromatic carbocycles. The molecule has 7 heteroatoms. The third kappa shape index (κ3) is 1.72. The molecule has 1 N–H and O–H groups in total. The van der Waals surface area contributed by atoms with Gasteiger partial charge in [-0.2, -0.15) is 5.10 Å². The number of hydrogen-bond acceptors (Lipinski definition) is 4. The lowest BCUT2D eigenvalue weighted by atomic mass is 9.72. The van der Waals surface area contributed by atoms with E-state index in [1.54, 1.807) is 0 Å². The highest BCUT2D eigenvalue weighted by Crippen LogP contribution is 2.59. The van der Waals surface area contributed by atoms with Crippen LogP contribution in [0.15, 0.2) is 29.5 Å². The van der Waals surface area contributed by atoms with Gasteiger partial charge in [-0.05, 0) is 29.6 Å². The zero-order valence-corrected chi connectivity index (χ0v) is 13.5. The van der Waals surface area contributed by atoms with Gasteiger partial charge < -0.3 is 9.88 Å². The summed E-state index contributed by atoms with van der Waals surface area (Å²) in [5.41, 5.74) is 0.445. The SMILES string of the molecule is C[C@]12CN(C(=O)Cn3ncc4c(=O)[nH]cnc43)C[C@H]1[C@H]1C=C[C@@H]2C1. The molecule has 2 fully saturated rings. The molecule has 0 unspecified atom stereocenters. The van der Waals surface area contributed by atoms with Crippen LogP contribution < -0.4 is 5.56 Å². The van der Waals surface area contributed by atoms with Gasteiger partial charge in [0.1, 0.15) is 11.9 Å². The van der Waals surface area contributed by atoms with E-state index in [1.807, 2.05) is 4.90 Å². The first-order valence-electron chi connectivity index (χ1n) is 8.41. The fraction of sp³-hybridized carbons (Fsp3) is 0.529. The Bertz CT molecular complexity index is 928. The third-order valence-electron chi connectivity index (χ3n) is 6.35. The summed E-state index contributed by atoms with van der Waals surface area (Å²) in [4.78, 5) is 33.2. The first-order valence-corrected chi connectivity index (χ1v) is 8.41. The van der Waals surface area contributed by atoms with Crippen LogP contribution in [-0.4, -0.2) is 43.6 Å². The number of H-pyrrole nitrogens is 1. The lowest BCUT2D eigenvalue weighted by Crippen LogP contribution is -2.35. The van der Waals surface area contributed by atoms with Crippen LogP contribution in [0.3, 0.4) is 0 Å². The van der Waals surface area contributed by atoms with E-state index in [4.69, 9.17) is 0 Å². The van der Waals surface area contributed by atoms with Gasteiger partial charge in [-0.15, -0.1) is 0 Å². The van der Waals surface area contributed by atoms with E-state index in [2.05, 4.69) is 34.1 Å². The maximum Gasteiger partial charge on any atom is 0.261 e. The van der Waals surface area contributed by atoms with E-state index in [-0.39, 0.29) is 23.4 Å². The number of hydrogen-bond donors (Lipinski definition) is 1. The molecular formula is C17H19N5O2. The highest BCUT2D eigenvalue weighted by Gasteiger charge is 2.57. The molecule has 3 heterocycles. The molecule has 2 aromatic rings. The number of nitrogens with zero attached hydrogens (tertiary/aromatic N) is 4. The molecule has 1 saturated heterocycles. The molecule has 0 spiro atoms. The fourth-order valence-electron chi connectivity index (χ4n) is 5.01. The molecule has 2 aliphatic carbocycles. The minimum absolute atomic E-state index is 0.0529. The zero-order valence-electron chi connectivity index (χ0n) is 13.5. The van der Waals surface area contributed by atoms with Crippen molar-refractivity contribution in [2.75, 3.05) is 13.1 Å². The largest absolute Gasteiger partial charge is 0.340 e. The predicted molar refractivity (Wildman–Crippen MR) is 87.1 cm³/mol. The van der Waals surface area contributed by atoms with Crippen LogP contribution in [0.25, 0.3) is 11.0 Å². The van der Waals surface area contributed by atoms with Crippen molar-refractivity contribution in [2.45, 2.75) is 19.9 Å². The number of rotatable bonds is 2. The van der Waals surface area contributed by atoms with Crippen molar-refractivity contribution in [1.82, 2.24) is 24.6 Å². The van der Waals surface area contributed by atoms with Crippen LogP contribution in [-0.2, 0) is 11.3 Å². The maximum absolute atomic E-state index is 12.8. The van der Waals surface area contributed by atoms with Gasteiger partial charge >= 0.3 is 0 Å². The van der Waals surface area contributed by atoms with Crippen molar-refractivity contribution in [3.63, 3.8) is 0 Å². The van der Waals surface area contributed by atoms with E-state index < -0.39 is 0 Å². The van der Waals surface area contributed by atoms with Gasteiger partial charge in [0.15, 0.2) is 5.65 Å². The molecule has 2 bridgehead atoms. The van der Waals surface area contributed by atoms with E-state index in [0.717, 1.165) is 13.1 Å². The quantitative estimate of drug-likeness (QED) is 0.828. The Morgan fingerprint density at radius 1 is 1.46 bits per heavy atom. The molecule has 4 atom stereocenters. The molecule has 7 nitrogen and oxygen atoms in total. The topological polar surface area (TPSA) is 83.9 Å². The first kappa shape index (κ1) is 13.9. The summed E-state index contributed by atoms with van der Waals surface area (Å²) in [6, 6.07) is 0. The molecule has 5 rings (SSSR count). The highest BCUT2D eigenvalue weighted by molar-refractivity contribution is 5.79. The number of carbonyl (C=O) groups excluding carboxylic acids is 1. The van der Waals surface area contributed by atoms with Crippen LogP contribution >= 0.6 is 0 Å². The van der Waals surface area contributed by atoms with Gasteiger partial charge in [0, 0.05) is 13.1 Å². The fourth-order valence-corrected chi connectivity index (χ4v) is 5.01.